The molecule has 6 heteroatoms. The molecule has 0 radical (unpaired) electrons. The zero-order valence-electron chi connectivity index (χ0n) is 9.66. The van der Waals surface area contributed by atoms with Crippen LogP contribution in [0.3, 0.4) is 0 Å². The van der Waals surface area contributed by atoms with Crippen LogP contribution in [-0.4, -0.2) is 18.3 Å². The Balaban J connectivity index is 3.25. The van der Waals surface area contributed by atoms with Crippen LogP contribution in [0, 0.1) is 11.3 Å². The Morgan fingerprint density at radius 2 is 1.83 bits per heavy atom. The summed E-state index contributed by atoms with van der Waals surface area (Å²) < 4.78 is 0.688. The fourth-order valence-corrected chi connectivity index (χ4v) is 2.91. The summed E-state index contributed by atoms with van der Waals surface area (Å²) in [5.74, 6) is -0.338. The molecule has 2 nitrogen and oxygen atoms in total. The molecule has 1 rings (SSSR count). The maximum Gasteiger partial charge on any atom is 0.205 e. The molecule has 0 atom stereocenters. The van der Waals surface area contributed by atoms with E-state index < -0.39 is 0 Å². The van der Waals surface area contributed by atoms with Crippen molar-refractivity contribution in [1.82, 2.24) is 0 Å². The average molecular weight is 318 g/mol. The number of benzene rings is 1. The SMILES string of the molecule is CSC(SC)=C(C#N)C(=O)c1ccc(Cl)c(Cl)c1. The predicted molar refractivity (Wildman–Crippen MR) is 80.5 cm³/mol. The van der Waals surface area contributed by atoms with Gasteiger partial charge < -0.3 is 0 Å². The Hall–Kier alpha value is -0.600. The van der Waals surface area contributed by atoms with Crippen LogP contribution < -0.4 is 0 Å². The topological polar surface area (TPSA) is 40.9 Å². The van der Waals surface area contributed by atoms with E-state index in [1.165, 1.54) is 29.6 Å². The number of carbonyl (C=O) groups excluding carboxylic acids is 1. The van der Waals surface area contributed by atoms with Crippen molar-refractivity contribution in [1.29, 1.82) is 5.26 Å². The van der Waals surface area contributed by atoms with Crippen molar-refractivity contribution in [2.24, 2.45) is 0 Å². The molecule has 0 N–H and O–H groups in total. The van der Waals surface area contributed by atoms with E-state index in [1.54, 1.807) is 12.1 Å². The number of hydrogen-bond acceptors (Lipinski definition) is 4. The van der Waals surface area contributed by atoms with E-state index in [0.717, 1.165) is 0 Å². The normalized spacial score (nSPS) is 9.72. The molecule has 0 amide bonds. The highest BCUT2D eigenvalue weighted by molar-refractivity contribution is 8.21. The molecule has 0 aromatic heterocycles. The largest absolute Gasteiger partial charge is 0.288 e. The number of halogens is 2. The van der Waals surface area contributed by atoms with Crippen LogP contribution in [0.1, 0.15) is 10.4 Å². The molecule has 0 fully saturated rings. The number of ketones is 1. The quantitative estimate of drug-likeness (QED) is 0.461. The highest BCUT2D eigenvalue weighted by atomic mass is 35.5. The Labute approximate surface area is 124 Å². The summed E-state index contributed by atoms with van der Waals surface area (Å²) in [6, 6.07) is 6.53. The van der Waals surface area contributed by atoms with Gasteiger partial charge >= 0.3 is 0 Å². The van der Waals surface area contributed by atoms with Gasteiger partial charge in [-0.15, -0.1) is 23.5 Å². The molecule has 0 aliphatic carbocycles. The van der Waals surface area contributed by atoms with Crippen LogP contribution in [0.4, 0.5) is 0 Å². The first-order valence-corrected chi connectivity index (χ1v) is 7.97. The molecular formula is C12H9Cl2NOS2. The number of nitriles is 1. The van der Waals surface area contributed by atoms with Crippen LogP contribution in [0.5, 0.6) is 0 Å². The van der Waals surface area contributed by atoms with Crippen LogP contribution in [0.25, 0.3) is 0 Å². The van der Waals surface area contributed by atoms with Crippen molar-refractivity contribution in [2.45, 2.75) is 0 Å². The van der Waals surface area contributed by atoms with E-state index in [0.29, 0.717) is 19.8 Å². The maximum atomic E-state index is 12.2. The highest BCUT2D eigenvalue weighted by Crippen LogP contribution is 2.30. The van der Waals surface area contributed by atoms with Crippen LogP contribution in [0.2, 0.25) is 10.0 Å². The van der Waals surface area contributed by atoms with Gasteiger partial charge in [0.15, 0.2) is 0 Å². The van der Waals surface area contributed by atoms with E-state index in [1.807, 2.05) is 18.6 Å². The number of allylic oxidation sites excluding steroid dienone is 1. The number of nitrogens with zero attached hydrogens (tertiary/aromatic N) is 1. The molecule has 1 aromatic carbocycles. The highest BCUT2D eigenvalue weighted by Gasteiger charge is 2.17. The second-order valence-electron chi connectivity index (χ2n) is 3.14. The molecule has 0 spiro atoms. The lowest BCUT2D eigenvalue weighted by atomic mass is 10.1. The molecule has 1 aromatic rings. The molecule has 0 unspecified atom stereocenters. The van der Waals surface area contributed by atoms with Gasteiger partial charge in [0, 0.05) is 5.56 Å². The fraction of sp³-hybridized carbons (Fsp3) is 0.167. The Morgan fingerprint density at radius 3 is 2.28 bits per heavy atom. The minimum atomic E-state index is -0.338. The van der Waals surface area contributed by atoms with Gasteiger partial charge in [-0.1, -0.05) is 23.2 Å². The fourth-order valence-electron chi connectivity index (χ4n) is 1.26. The molecule has 0 saturated carbocycles. The Morgan fingerprint density at radius 1 is 1.22 bits per heavy atom. The minimum Gasteiger partial charge on any atom is -0.288 e. The maximum absolute atomic E-state index is 12.2. The van der Waals surface area contributed by atoms with Gasteiger partial charge in [-0.05, 0) is 30.7 Å². The molecule has 0 heterocycles. The van der Waals surface area contributed by atoms with Crippen molar-refractivity contribution >= 4 is 52.5 Å². The second kappa shape index (κ2) is 7.10. The van der Waals surface area contributed by atoms with E-state index >= 15 is 0 Å². The van der Waals surface area contributed by atoms with Crippen LogP contribution in [0.15, 0.2) is 28.0 Å². The summed E-state index contributed by atoms with van der Waals surface area (Å²) in [5.41, 5.74) is 0.495. The first kappa shape index (κ1) is 15.5. The minimum absolute atomic E-state index is 0.133. The molecule has 0 aliphatic rings. The first-order valence-electron chi connectivity index (χ1n) is 4.77. The van der Waals surface area contributed by atoms with Crippen LogP contribution >= 0.6 is 46.7 Å². The zero-order chi connectivity index (χ0) is 13.7. The van der Waals surface area contributed by atoms with Gasteiger partial charge in [-0.25, -0.2) is 0 Å². The Bertz CT molecular complexity index is 543. The summed E-state index contributed by atoms with van der Waals surface area (Å²) in [5, 5.41) is 9.78. The third kappa shape index (κ3) is 3.46. The Kier molecular flexibility index (Phi) is 6.10. The van der Waals surface area contributed by atoms with E-state index in [4.69, 9.17) is 28.5 Å². The molecule has 94 valence electrons. The molecule has 18 heavy (non-hydrogen) atoms. The van der Waals surface area contributed by atoms with Crippen molar-refractivity contribution in [3.8, 4) is 6.07 Å². The summed E-state index contributed by atoms with van der Waals surface area (Å²) in [7, 11) is 0. The smallest absolute Gasteiger partial charge is 0.205 e. The third-order valence-corrected chi connectivity index (χ3v) is 4.98. The number of hydrogen-bond donors (Lipinski definition) is 0. The number of Topliss-reactive ketones (excluding diaryl/α,β-unsaturated/α-hetero) is 1. The van der Waals surface area contributed by atoms with E-state index in [-0.39, 0.29) is 11.4 Å². The van der Waals surface area contributed by atoms with Crippen molar-refractivity contribution in [3.05, 3.63) is 43.6 Å². The van der Waals surface area contributed by atoms with Crippen LogP contribution in [-0.2, 0) is 0 Å². The standard InChI is InChI=1S/C12H9Cl2NOS2/c1-17-12(18-2)8(6-15)11(16)7-3-4-9(13)10(14)5-7/h3-5H,1-2H3. The summed E-state index contributed by atoms with van der Waals surface area (Å²) in [6.45, 7) is 0. The van der Waals surface area contributed by atoms with Gasteiger partial charge in [-0.3, -0.25) is 4.79 Å². The van der Waals surface area contributed by atoms with Gasteiger partial charge in [0.2, 0.25) is 5.78 Å². The summed E-state index contributed by atoms with van der Waals surface area (Å²) >= 11 is 14.4. The summed E-state index contributed by atoms with van der Waals surface area (Å²) in [4.78, 5) is 12.2. The number of thioether (sulfide) groups is 2. The molecule has 0 bridgehead atoms. The van der Waals surface area contributed by atoms with E-state index in [2.05, 4.69) is 0 Å². The summed E-state index contributed by atoms with van der Waals surface area (Å²) in [6.07, 6.45) is 3.65. The molecule has 0 saturated heterocycles. The van der Waals surface area contributed by atoms with Crippen molar-refractivity contribution in [2.75, 3.05) is 12.5 Å². The van der Waals surface area contributed by atoms with Gasteiger partial charge in [0.05, 0.1) is 14.3 Å². The van der Waals surface area contributed by atoms with Crippen molar-refractivity contribution < 1.29 is 4.79 Å². The number of rotatable bonds is 4. The lowest BCUT2D eigenvalue weighted by molar-refractivity contribution is 0.103. The molecule has 0 aliphatic heterocycles. The van der Waals surface area contributed by atoms with Gasteiger partial charge in [0.1, 0.15) is 11.6 Å². The average Bonchev–Trinajstić information content (AvgIpc) is 2.38. The monoisotopic (exact) mass is 317 g/mol. The third-order valence-electron chi connectivity index (χ3n) is 2.10. The van der Waals surface area contributed by atoms with Gasteiger partial charge in [-0.2, -0.15) is 5.26 Å². The molecular weight excluding hydrogens is 309 g/mol. The van der Waals surface area contributed by atoms with Gasteiger partial charge in [0.25, 0.3) is 0 Å². The number of carbonyl (C=O) groups is 1. The zero-order valence-corrected chi connectivity index (χ0v) is 12.8. The first-order chi connectivity index (χ1) is 8.54. The van der Waals surface area contributed by atoms with Crippen molar-refractivity contribution in [3.63, 3.8) is 0 Å². The second-order valence-corrected chi connectivity index (χ2v) is 5.85. The van der Waals surface area contributed by atoms with E-state index in [9.17, 15) is 4.79 Å². The predicted octanol–water partition coefficient (Wildman–Crippen LogP) is 4.64. The lowest BCUT2D eigenvalue weighted by Gasteiger charge is -2.05. The lowest BCUT2D eigenvalue weighted by Crippen LogP contribution is -2.03.